The molecule has 0 saturated carbocycles. The highest BCUT2D eigenvalue weighted by Gasteiger charge is 2.14. The van der Waals surface area contributed by atoms with E-state index in [-0.39, 0.29) is 0 Å². The number of benzene rings is 2. The highest BCUT2D eigenvalue weighted by atomic mass is 14.8. The van der Waals surface area contributed by atoms with E-state index >= 15 is 0 Å². The van der Waals surface area contributed by atoms with Crippen LogP contribution < -0.4 is 0 Å². The normalized spacial score (nSPS) is 10.9. The number of hydrogen-bond donors (Lipinski definition) is 0. The van der Waals surface area contributed by atoms with Crippen LogP contribution >= 0.6 is 0 Å². The summed E-state index contributed by atoms with van der Waals surface area (Å²) in [5.41, 5.74) is 11.7. The van der Waals surface area contributed by atoms with E-state index in [0.717, 1.165) is 56.4 Å². The van der Waals surface area contributed by atoms with Gasteiger partial charge in [-0.15, -0.1) is 0 Å². The maximum atomic E-state index is 5.06. The molecule has 38 heavy (non-hydrogen) atoms. The van der Waals surface area contributed by atoms with Crippen LogP contribution in [0.25, 0.3) is 56.4 Å². The van der Waals surface area contributed by atoms with Gasteiger partial charge in [0.05, 0.1) is 34.2 Å². The Labute approximate surface area is 222 Å². The Hall–Kier alpha value is -4.96. The number of aromatic nitrogens is 4. The molecule has 4 aromatic heterocycles. The van der Waals surface area contributed by atoms with Crippen molar-refractivity contribution in [1.29, 1.82) is 0 Å². The first kappa shape index (κ1) is 23.4. The van der Waals surface area contributed by atoms with E-state index in [4.69, 9.17) is 9.97 Å². The second-order valence-corrected chi connectivity index (χ2v) is 9.41. The van der Waals surface area contributed by atoms with Gasteiger partial charge in [0.1, 0.15) is 0 Å². The molecule has 0 radical (unpaired) electrons. The van der Waals surface area contributed by atoms with Crippen LogP contribution in [0, 0.1) is 13.8 Å². The summed E-state index contributed by atoms with van der Waals surface area (Å²) in [6, 6.07) is 37.3. The van der Waals surface area contributed by atoms with Crippen LogP contribution in [0.5, 0.6) is 0 Å². The van der Waals surface area contributed by atoms with Crippen LogP contribution in [0.2, 0.25) is 0 Å². The predicted molar refractivity (Wildman–Crippen MR) is 154 cm³/mol. The first-order valence-corrected chi connectivity index (χ1v) is 12.6. The number of aryl methyl sites for hydroxylation is 2. The highest BCUT2D eigenvalue weighted by Crippen LogP contribution is 2.33. The maximum absolute atomic E-state index is 5.06. The summed E-state index contributed by atoms with van der Waals surface area (Å²) in [5, 5.41) is 0. The highest BCUT2D eigenvalue weighted by molar-refractivity contribution is 5.79. The Kier molecular flexibility index (Phi) is 6.29. The molecule has 4 heterocycles. The van der Waals surface area contributed by atoms with E-state index < -0.39 is 0 Å². The van der Waals surface area contributed by atoms with Gasteiger partial charge in [-0.1, -0.05) is 71.8 Å². The summed E-state index contributed by atoms with van der Waals surface area (Å²) < 4.78 is 0. The minimum atomic E-state index is 0.787. The molecule has 0 amide bonds. The van der Waals surface area contributed by atoms with Gasteiger partial charge in [0, 0.05) is 12.4 Å². The Morgan fingerprint density at radius 2 is 0.737 bits per heavy atom. The van der Waals surface area contributed by atoms with Crippen LogP contribution in [0.15, 0.2) is 122 Å². The molecule has 0 saturated heterocycles. The van der Waals surface area contributed by atoms with Crippen molar-refractivity contribution < 1.29 is 0 Å². The van der Waals surface area contributed by atoms with Gasteiger partial charge >= 0.3 is 0 Å². The minimum Gasteiger partial charge on any atom is -0.255 e. The molecule has 0 unspecified atom stereocenters. The Morgan fingerprint density at radius 3 is 1.08 bits per heavy atom. The third-order valence-corrected chi connectivity index (χ3v) is 6.54. The fourth-order valence-electron chi connectivity index (χ4n) is 4.44. The van der Waals surface area contributed by atoms with E-state index in [1.807, 2.05) is 36.4 Å². The first-order valence-electron chi connectivity index (χ1n) is 12.6. The monoisotopic (exact) mass is 490 g/mol. The van der Waals surface area contributed by atoms with Gasteiger partial charge < -0.3 is 0 Å². The van der Waals surface area contributed by atoms with Crippen LogP contribution in [0.3, 0.4) is 0 Å². The molecule has 0 fully saturated rings. The lowest BCUT2D eigenvalue weighted by Crippen LogP contribution is -1.97. The van der Waals surface area contributed by atoms with Crippen molar-refractivity contribution in [2.24, 2.45) is 0 Å². The Morgan fingerprint density at radius 1 is 0.368 bits per heavy atom. The Balaban J connectivity index is 1.57. The molecule has 4 heteroatoms. The zero-order valence-electron chi connectivity index (χ0n) is 21.3. The van der Waals surface area contributed by atoms with Gasteiger partial charge in [0.15, 0.2) is 0 Å². The fourth-order valence-corrected chi connectivity index (χ4v) is 4.44. The molecule has 182 valence electrons. The predicted octanol–water partition coefficient (Wildman–Crippen LogP) is 8.22. The van der Waals surface area contributed by atoms with Crippen LogP contribution in [0.4, 0.5) is 0 Å². The number of nitrogens with zero attached hydrogens (tertiary/aromatic N) is 4. The van der Waals surface area contributed by atoms with Crippen molar-refractivity contribution in [2.75, 3.05) is 0 Å². The van der Waals surface area contributed by atoms with Crippen LogP contribution in [-0.4, -0.2) is 19.9 Å². The average molecular weight is 491 g/mol. The summed E-state index contributed by atoms with van der Waals surface area (Å²) >= 11 is 0. The van der Waals surface area contributed by atoms with Gasteiger partial charge in [-0.05, 0) is 84.6 Å². The standard InChI is InChI=1S/C34H26N4/c1-23-9-13-25(14-10-23)27-19-31(29-7-3-5-17-35-29)37-33(21-27)34-22-28(26-15-11-24(2)12-16-26)20-32(38-34)30-8-4-6-18-36-30/h3-22H,1-2H3. The SMILES string of the molecule is Cc1ccc(-c2cc(-c3ccccn3)nc(-c3cc(-c4ccc(C)cc4)cc(-c4ccccn4)n3)c2)cc1. The third kappa shape index (κ3) is 4.97. The van der Waals surface area contributed by atoms with Gasteiger partial charge in [-0.3, -0.25) is 9.97 Å². The van der Waals surface area contributed by atoms with Crippen molar-refractivity contribution in [3.8, 4) is 56.4 Å². The zero-order chi connectivity index (χ0) is 25.9. The molecule has 0 bridgehead atoms. The second-order valence-electron chi connectivity index (χ2n) is 9.41. The van der Waals surface area contributed by atoms with E-state index in [9.17, 15) is 0 Å². The quantitative estimate of drug-likeness (QED) is 0.244. The van der Waals surface area contributed by atoms with Crippen molar-refractivity contribution in [2.45, 2.75) is 13.8 Å². The number of rotatable bonds is 5. The van der Waals surface area contributed by atoms with Crippen LogP contribution in [0.1, 0.15) is 11.1 Å². The summed E-state index contributed by atoms with van der Waals surface area (Å²) in [7, 11) is 0. The molecule has 0 atom stereocenters. The van der Waals surface area contributed by atoms with Gasteiger partial charge in [-0.25, -0.2) is 9.97 Å². The van der Waals surface area contributed by atoms with E-state index in [0.29, 0.717) is 0 Å². The molecular weight excluding hydrogens is 464 g/mol. The lowest BCUT2D eigenvalue weighted by atomic mass is 9.99. The van der Waals surface area contributed by atoms with E-state index in [1.165, 1.54) is 11.1 Å². The molecule has 0 aliphatic rings. The Bertz CT molecular complexity index is 1560. The fraction of sp³-hybridized carbons (Fsp3) is 0.0588. The number of hydrogen-bond acceptors (Lipinski definition) is 4. The zero-order valence-corrected chi connectivity index (χ0v) is 21.3. The largest absolute Gasteiger partial charge is 0.255 e. The summed E-state index contributed by atoms with van der Waals surface area (Å²) in [5.74, 6) is 0. The van der Waals surface area contributed by atoms with Crippen molar-refractivity contribution in [3.05, 3.63) is 133 Å². The smallest absolute Gasteiger partial charge is 0.0901 e. The molecule has 0 spiro atoms. The van der Waals surface area contributed by atoms with E-state index in [2.05, 4.69) is 96.6 Å². The molecule has 4 nitrogen and oxygen atoms in total. The molecule has 2 aromatic carbocycles. The van der Waals surface area contributed by atoms with Gasteiger partial charge in [0.2, 0.25) is 0 Å². The molecule has 0 aliphatic heterocycles. The molecule has 6 aromatic rings. The molecule has 0 aliphatic carbocycles. The minimum absolute atomic E-state index is 0.787. The van der Waals surface area contributed by atoms with Gasteiger partial charge in [-0.2, -0.15) is 0 Å². The van der Waals surface area contributed by atoms with E-state index in [1.54, 1.807) is 12.4 Å². The van der Waals surface area contributed by atoms with Crippen molar-refractivity contribution in [3.63, 3.8) is 0 Å². The molecule has 0 N–H and O–H groups in total. The summed E-state index contributed by atoms with van der Waals surface area (Å²) in [4.78, 5) is 19.3. The maximum Gasteiger partial charge on any atom is 0.0901 e. The van der Waals surface area contributed by atoms with Crippen molar-refractivity contribution >= 4 is 0 Å². The lowest BCUT2D eigenvalue weighted by molar-refractivity contribution is 1.20. The van der Waals surface area contributed by atoms with Crippen LogP contribution in [-0.2, 0) is 0 Å². The lowest BCUT2D eigenvalue weighted by Gasteiger charge is -2.12. The second kappa shape index (κ2) is 10.2. The molecular formula is C34H26N4. The third-order valence-electron chi connectivity index (χ3n) is 6.54. The summed E-state index contributed by atoms with van der Waals surface area (Å²) in [6.07, 6.45) is 3.59. The topological polar surface area (TPSA) is 51.6 Å². The van der Waals surface area contributed by atoms with Crippen molar-refractivity contribution in [1.82, 2.24) is 19.9 Å². The average Bonchev–Trinajstić information content (AvgIpc) is 2.98. The first-order chi connectivity index (χ1) is 18.6. The summed E-state index contributed by atoms with van der Waals surface area (Å²) in [6.45, 7) is 4.20. The molecule has 6 rings (SSSR count). The van der Waals surface area contributed by atoms with Gasteiger partial charge in [0.25, 0.3) is 0 Å². The number of pyridine rings is 4.